The van der Waals surface area contributed by atoms with Crippen molar-refractivity contribution in [2.45, 2.75) is 38.8 Å². The van der Waals surface area contributed by atoms with Crippen LogP contribution in [-0.2, 0) is 6.54 Å². The molecule has 0 bridgehead atoms. The average Bonchev–Trinajstić information content (AvgIpc) is 3.50. The predicted octanol–water partition coefficient (Wildman–Crippen LogP) is 3.83. The summed E-state index contributed by atoms with van der Waals surface area (Å²) in [4.78, 5) is 17.7. The van der Waals surface area contributed by atoms with Crippen LogP contribution in [0.2, 0.25) is 0 Å². The molecule has 0 radical (unpaired) electrons. The monoisotopic (exact) mass is 392 g/mol. The summed E-state index contributed by atoms with van der Waals surface area (Å²) in [5, 5.41) is 2.88. The Kier molecular flexibility index (Phi) is 5.61. The maximum atomic E-state index is 12.5. The lowest BCUT2D eigenvalue weighted by atomic mass is 9.97. The number of carbonyl (C=O) groups excluding carboxylic acids is 1. The number of carbonyl (C=O) groups is 1. The van der Waals surface area contributed by atoms with Crippen LogP contribution in [0.3, 0.4) is 0 Å². The molecule has 4 rings (SSSR count). The van der Waals surface area contributed by atoms with Gasteiger partial charge in [0.25, 0.3) is 5.91 Å². The van der Waals surface area contributed by atoms with Crippen LogP contribution in [0.15, 0.2) is 48.5 Å². The van der Waals surface area contributed by atoms with E-state index in [4.69, 9.17) is 5.73 Å². The Bertz CT molecular complexity index is 857. The van der Waals surface area contributed by atoms with E-state index in [0.29, 0.717) is 16.9 Å². The smallest absolute Gasteiger partial charge is 0.255 e. The van der Waals surface area contributed by atoms with Crippen LogP contribution in [-0.4, -0.2) is 47.4 Å². The first-order valence-electron chi connectivity index (χ1n) is 10.6. The van der Waals surface area contributed by atoms with Gasteiger partial charge in [-0.1, -0.05) is 24.3 Å². The molecule has 0 atom stereocenters. The highest BCUT2D eigenvalue weighted by Crippen LogP contribution is 2.33. The Balaban J connectivity index is 1.33. The quantitative estimate of drug-likeness (QED) is 0.734. The van der Waals surface area contributed by atoms with Gasteiger partial charge in [0.15, 0.2) is 0 Å². The first-order chi connectivity index (χ1) is 13.9. The van der Waals surface area contributed by atoms with Crippen LogP contribution in [0.1, 0.15) is 42.6 Å². The predicted molar refractivity (Wildman–Crippen MR) is 119 cm³/mol. The second kappa shape index (κ2) is 8.17. The van der Waals surface area contributed by atoms with Crippen LogP contribution in [0.5, 0.6) is 0 Å². The van der Waals surface area contributed by atoms with E-state index < -0.39 is 0 Å². The van der Waals surface area contributed by atoms with Gasteiger partial charge in [0.2, 0.25) is 0 Å². The Labute approximate surface area is 173 Å². The zero-order valence-corrected chi connectivity index (χ0v) is 17.5. The first-order valence-corrected chi connectivity index (χ1v) is 10.6. The number of amides is 1. The maximum absolute atomic E-state index is 12.5. The van der Waals surface area contributed by atoms with Crippen LogP contribution < -0.4 is 11.1 Å². The largest absolute Gasteiger partial charge is 0.397 e. The molecule has 2 aromatic carbocycles. The topological polar surface area (TPSA) is 61.6 Å². The van der Waals surface area contributed by atoms with Crippen molar-refractivity contribution < 1.29 is 4.79 Å². The molecule has 29 heavy (non-hydrogen) atoms. The summed E-state index contributed by atoms with van der Waals surface area (Å²) < 4.78 is 0. The second-order valence-electron chi connectivity index (χ2n) is 9.15. The molecule has 2 aliphatic rings. The molecular formula is C24H32N4O. The number of para-hydroxylation sites is 2. The Morgan fingerprint density at radius 3 is 2.48 bits per heavy atom. The molecule has 1 aliphatic carbocycles. The SMILES string of the molecule is CC1(C)CN(Cc2ccc(C(=O)Nc3ccccc3N)cc2)CCN1CC1CC1. The number of benzene rings is 2. The van der Waals surface area contributed by atoms with Gasteiger partial charge in [0.05, 0.1) is 11.4 Å². The van der Waals surface area contributed by atoms with E-state index in [2.05, 4.69) is 41.1 Å². The van der Waals surface area contributed by atoms with Gasteiger partial charge in [0.1, 0.15) is 0 Å². The van der Waals surface area contributed by atoms with Gasteiger partial charge >= 0.3 is 0 Å². The van der Waals surface area contributed by atoms with Gasteiger partial charge in [-0.05, 0) is 62.4 Å². The zero-order valence-electron chi connectivity index (χ0n) is 17.5. The molecule has 154 valence electrons. The third-order valence-electron chi connectivity index (χ3n) is 6.16. The minimum atomic E-state index is -0.135. The molecule has 0 unspecified atom stereocenters. The molecule has 5 heteroatoms. The molecule has 1 aliphatic heterocycles. The highest BCUT2D eigenvalue weighted by Gasteiger charge is 2.36. The highest BCUT2D eigenvalue weighted by atomic mass is 16.1. The summed E-state index contributed by atoms with van der Waals surface area (Å²) in [6.45, 7) is 10.2. The van der Waals surface area contributed by atoms with Crippen LogP contribution in [0.4, 0.5) is 11.4 Å². The molecule has 2 fully saturated rings. The Morgan fingerprint density at radius 1 is 1.10 bits per heavy atom. The van der Waals surface area contributed by atoms with Crippen molar-refractivity contribution >= 4 is 17.3 Å². The summed E-state index contributed by atoms with van der Waals surface area (Å²) in [6, 6.07) is 15.2. The lowest BCUT2D eigenvalue weighted by Gasteiger charge is -2.47. The van der Waals surface area contributed by atoms with Crippen molar-refractivity contribution in [3.05, 3.63) is 59.7 Å². The zero-order chi connectivity index (χ0) is 20.4. The molecule has 2 aromatic rings. The van der Waals surface area contributed by atoms with Crippen molar-refractivity contribution in [1.82, 2.24) is 9.80 Å². The third-order valence-corrected chi connectivity index (χ3v) is 6.16. The van der Waals surface area contributed by atoms with Gasteiger partial charge < -0.3 is 11.1 Å². The Morgan fingerprint density at radius 2 is 1.83 bits per heavy atom. The van der Waals surface area contributed by atoms with E-state index in [1.165, 1.54) is 24.9 Å². The first kappa shape index (κ1) is 19.9. The normalized spacial score (nSPS) is 19.8. The van der Waals surface area contributed by atoms with Gasteiger partial charge in [-0.2, -0.15) is 0 Å². The number of rotatable bonds is 6. The lowest BCUT2D eigenvalue weighted by Crippen LogP contribution is -2.59. The van der Waals surface area contributed by atoms with Gasteiger partial charge in [-0.15, -0.1) is 0 Å². The number of nitrogen functional groups attached to an aromatic ring is 1. The maximum Gasteiger partial charge on any atom is 0.255 e. The fraction of sp³-hybridized carbons (Fsp3) is 0.458. The van der Waals surface area contributed by atoms with Crippen molar-refractivity contribution in [2.75, 3.05) is 37.2 Å². The number of nitrogens with one attached hydrogen (secondary N) is 1. The molecule has 1 saturated carbocycles. The molecular weight excluding hydrogens is 360 g/mol. The number of nitrogens with zero attached hydrogens (tertiary/aromatic N) is 2. The Hall–Kier alpha value is -2.37. The van der Waals surface area contributed by atoms with Crippen molar-refractivity contribution in [3.8, 4) is 0 Å². The van der Waals surface area contributed by atoms with E-state index in [1.54, 1.807) is 6.07 Å². The van der Waals surface area contributed by atoms with Gasteiger partial charge in [-0.25, -0.2) is 0 Å². The standard InChI is InChI=1S/C24H32N4O/c1-24(2)17-27(13-14-28(24)16-19-7-8-19)15-18-9-11-20(12-10-18)23(29)26-22-6-4-3-5-21(22)25/h3-6,9-12,19H,7-8,13-17,25H2,1-2H3,(H,26,29). The third kappa shape index (κ3) is 4.98. The fourth-order valence-corrected chi connectivity index (χ4v) is 4.20. The summed E-state index contributed by atoms with van der Waals surface area (Å²) in [7, 11) is 0. The van der Waals surface area contributed by atoms with E-state index in [1.807, 2.05) is 30.3 Å². The number of piperazine rings is 1. The number of hydrogen-bond donors (Lipinski definition) is 2. The lowest BCUT2D eigenvalue weighted by molar-refractivity contribution is 0.0131. The highest BCUT2D eigenvalue weighted by molar-refractivity contribution is 6.05. The fourth-order valence-electron chi connectivity index (χ4n) is 4.20. The molecule has 1 heterocycles. The summed E-state index contributed by atoms with van der Waals surface area (Å²) >= 11 is 0. The molecule has 1 amide bonds. The second-order valence-corrected chi connectivity index (χ2v) is 9.15. The van der Waals surface area contributed by atoms with E-state index in [0.717, 1.165) is 32.1 Å². The number of anilines is 2. The van der Waals surface area contributed by atoms with Crippen LogP contribution in [0.25, 0.3) is 0 Å². The van der Waals surface area contributed by atoms with E-state index in [-0.39, 0.29) is 11.4 Å². The van der Waals surface area contributed by atoms with Gasteiger partial charge in [-0.3, -0.25) is 14.6 Å². The number of nitrogens with two attached hydrogens (primary N) is 1. The van der Waals surface area contributed by atoms with E-state index in [9.17, 15) is 4.79 Å². The van der Waals surface area contributed by atoms with Crippen LogP contribution in [0, 0.1) is 5.92 Å². The van der Waals surface area contributed by atoms with Crippen LogP contribution >= 0.6 is 0 Å². The molecule has 0 aromatic heterocycles. The average molecular weight is 393 g/mol. The van der Waals surface area contributed by atoms with E-state index >= 15 is 0 Å². The summed E-state index contributed by atoms with van der Waals surface area (Å²) in [6.07, 6.45) is 2.82. The molecule has 5 nitrogen and oxygen atoms in total. The minimum absolute atomic E-state index is 0.135. The minimum Gasteiger partial charge on any atom is -0.397 e. The van der Waals surface area contributed by atoms with Crippen molar-refractivity contribution in [3.63, 3.8) is 0 Å². The number of hydrogen-bond acceptors (Lipinski definition) is 4. The molecule has 1 saturated heterocycles. The van der Waals surface area contributed by atoms with Crippen molar-refractivity contribution in [1.29, 1.82) is 0 Å². The van der Waals surface area contributed by atoms with Gasteiger partial charge in [0, 0.05) is 43.8 Å². The van der Waals surface area contributed by atoms with Crippen molar-refractivity contribution in [2.24, 2.45) is 5.92 Å². The molecule has 0 spiro atoms. The molecule has 3 N–H and O–H groups in total. The summed E-state index contributed by atoms with van der Waals surface area (Å²) in [5.74, 6) is 0.801. The summed E-state index contributed by atoms with van der Waals surface area (Å²) in [5.41, 5.74) is 9.24.